The fourth-order valence-electron chi connectivity index (χ4n) is 3.11. The number of benzene rings is 2. The van der Waals surface area contributed by atoms with Gasteiger partial charge in [0.05, 0.1) is 11.9 Å². The summed E-state index contributed by atoms with van der Waals surface area (Å²) < 4.78 is 26.9. The molecule has 1 N–H and O–H groups in total. The minimum Gasteiger partial charge on any atom is -0.345 e. The van der Waals surface area contributed by atoms with Crippen LogP contribution in [0.3, 0.4) is 0 Å². The molecule has 0 saturated carbocycles. The molecular weight excluding hydrogens is 372 g/mol. The van der Waals surface area contributed by atoms with Gasteiger partial charge in [-0.05, 0) is 49.6 Å². The highest BCUT2D eigenvalue weighted by molar-refractivity contribution is 7.92. The molecular formula is C22H24N2O3S. The van der Waals surface area contributed by atoms with E-state index in [9.17, 15) is 13.2 Å². The standard InChI is InChI=1S/C22H24N2O3S/c1-16-4-9-18(10-5-16)22(25)21-15-14-20(24(21)2)13-8-17-6-11-19(12-7-17)23-28(3,26)27/h4-7,9-12,14-15,23H,8,13H2,1-3H3. The van der Waals surface area contributed by atoms with Crippen molar-refractivity contribution in [1.82, 2.24) is 4.57 Å². The molecule has 3 rings (SSSR count). The van der Waals surface area contributed by atoms with Crippen molar-refractivity contribution in [1.29, 1.82) is 0 Å². The fraction of sp³-hybridized carbons (Fsp3) is 0.227. The Balaban J connectivity index is 1.67. The van der Waals surface area contributed by atoms with Crippen LogP contribution in [0.5, 0.6) is 0 Å². The predicted molar refractivity (Wildman–Crippen MR) is 112 cm³/mol. The van der Waals surface area contributed by atoms with E-state index in [-0.39, 0.29) is 5.78 Å². The Hall–Kier alpha value is -2.86. The molecule has 0 bridgehead atoms. The Morgan fingerprint density at radius 3 is 2.18 bits per heavy atom. The molecule has 5 nitrogen and oxygen atoms in total. The first-order chi connectivity index (χ1) is 13.2. The number of nitrogens with one attached hydrogen (secondary N) is 1. The number of carbonyl (C=O) groups excluding carboxylic acids is 1. The first kappa shape index (κ1) is 19.9. The molecule has 6 heteroatoms. The SMILES string of the molecule is Cc1ccc(C(=O)c2ccc(CCc3ccc(NS(C)(=O)=O)cc3)n2C)cc1. The van der Waals surface area contributed by atoms with Crippen molar-refractivity contribution >= 4 is 21.5 Å². The molecule has 0 amide bonds. The summed E-state index contributed by atoms with van der Waals surface area (Å²) >= 11 is 0. The van der Waals surface area contributed by atoms with Gasteiger partial charge in [0.25, 0.3) is 0 Å². The highest BCUT2D eigenvalue weighted by atomic mass is 32.2. The van der Waals surface area contributed by atoms with Gasteiger partial charge < -0.3 is 4.57 Å². The summed E-state index contributed by atoms with van der Waals surface area (Å²) in [4.78, 5) is 12.7. The van der Waals surface area contributed by atoms with Crippen molar-refractivity contribution in [2.75, 3.05) is 11.0 Å². The Labute approximate surface area is 166 Å². The van der Waals surface area contributed by atoms with Gasteiger partial charge in [0.2, 0.25) is 15.8 Å². The number of rotatable bonds is 7. The Morgan fingerprint density at radius 1 is 0.929 bits per heavy atom. The minimum atomic E-state index is -3.27. The van der Waals surface area contributed by atoms with E-state index in [0.717, 1.165) is 35.9 Å². The highest BCUT2D eigenvalue weighted by Crippen LogP contribution is 2.17. The van der Waals surface area contributed by atoms with E-state index >= 15 is 0 Å². The van der Waals surface area contributed by atoms with Gasteiger partial charge in [-0.2, -0.15) is 0 Å². The van der Waals surface area contributed by atoms with E-state index in [2.05, 4.69) is 4.72 Å². The number of nitrogens with zero attached hydrogens (tertiary/aromatic N) is 1. The van der Waals surface area contributed by atoms with E-state index in [0.29, 0.717) is 16.9 Å². The third kappa shape index (κ3) is 4.89. The number of hydrogen-bond donors (Lipinski definition) is 1. The van der Waals surface area contributed by atoms with Crippen LogP contribution in [0.25, 0.3) is 0 Å². The third-order valence-electron chi connectivity index (χ3n) is 4.70. The van der Waals surface area contributed by atoms with E-state index < -0.39 is 10.0 Å². The van der Waals surface area contributed by atoms with Crippen molar-refractivity contribution in [3.05, 3.63) is 88.7 Å². The topological polar surface area (TPSA) is 68.2 Å². The molecule has 146 valence electrons. The fourth-order valence-corrected chi connectivity index (χ4v) is 3.68. The van der Waals surface area contributed by atoms with Crippen LogP contribution in [0.2, 0.25) is 0 Å². The van der Waals surface area contributed by atoms with Crippen molar-refractivity contribution in [3.8, 4) is 0 Å². The van der Waals surface area contributed by atoms with Crippen LogP contribution in [-0.4, -0.2) is 25.0 Å². The van der Waals surface area contributed by atoms with Crippen LogP contribution >= 0.6 is 0 Å². The highest BCUT2D eigenvalue weighted by Gasteiger charge is 2.14. The zero-order valence-electron chi connectivity index (χ0n) is 16.3. The molecule has 0 atom stereocenters. The number of ketones is 1. The van der Waals surface area contributed by atoms with Gasteiger partial charge in [0.1, 0.15) is 0 Å². The number of anilines is 1. The maximum absolute atomic E-state index is 12.7. The van der Waals surface area contributed by atoms with E-state index in [1.54, 1.807) is 12.1 Å². The van der Waals surface area contributed by atoms with Gasteiger partial charge in [-0.3, -0.25) is 9.52 Å². The Bertz CT molecular complexity index is 1080. The maximum Gasteiger partial charge on any atom is 0.229 e. The van der Waals surface area contributed by atoms with Crippen LogP contribution in [0.1, 0.15) is 32.9 Å². The number of aryl methyl sites for hydroxylation is 3. The summed E-state index contributed by atoms with van der Waals surface area (Å²) in [6.45, 7) is 2.00. The van der Waals surface area contributed by atoms with E-state index in [1.165, 1.54) is 0 Å². The molecule has 0 spiro atoms. The quantitative estimate of drug-likeness (QED) is 0.619. The first-order valence-electron chi connectivity index (χ1n) is 9.05. The van der Waals surface area contributed by atoms with Crippen LogP contribution in [0, 0.1) is 6.92 Å². The molecule has 2 aromatic carbocycles. The van der Waals surface area contributed by atoms with Gasteiger partial charge in [-0.25, -0.2) is 8.42 Å². The first-order valence-corrected chi connectivity index (χ1v) is 10.9. The zero-order valence-corrected chi connectivity index (χ0v) is 17.1. The summed E-state index contributed by atoms with van der Waals surface area (Å²) in [6.07, 6.45) is 2.72. The second-order valence-electron chi connectivity index (χ2n) is 7.04. The lowest BCUT2D eigenvalue weighted by Gasteiger charge is -2.09. The smallest absolute Gasteiger partial charge is 0.229 e. The van der Waals surface area contributed by atoms with E-state index in [1.807, 2.05) is 67.1 Å². The Morgan fingerprint density at radius 2 is 1.57 bits per heavy atom. The second-order valence-corrected chi connectivity index (χ2v) is 8.78. The summed E-state index contributed by atoms with van der Waals surface area (Å²) in [5, 5.41) is 0. The van der Waals surface area contributed by atoms with E-state index in [4.69, 9.17) is 0 Å². The minimum absolute atomic E-state index is 0.0185. The van der Waals surface area contributed by atoms with Crippen molar-refractivity contribution < 1.29 is 13.2 Å². The van der Waals surface area contributed by atoms with Crippen LogP contribution in [0.15, 0.2) is 60.7 Å². The van der Waals surface area contributed by atoms with Gasteiger partial charge in [-0.15, -0.1) is 0 Å². The summed E-state index contributed by atoms with van der Waals surface area (Å²) in [6, 6.07) is 18.8. The van der Waals surface area contributed by atoms with Gasteiger partial charge in [0.15, 0.2) is 0 Å². The number of carbonyl (C=O) groups is 1. The lowest BCUT2D eigenvalue weighted by atomic mass is 10.1. The molecule has 0 aliphatic heterocycles. The molecule has 1 heterocycles. The van der Waals surface area contributed by atoms with Gasteiger partial charge in [-0.1, -0.05) is 42.0 Å². The summed E-state index contributed by atoms with van der Waals surface area (Å²) in [5.74, 6) is 0.0185. The molecule has 1 aromatic heterocycles. The Kier molecular flexibility index (Phi) is 5.70. The predicted octanol–water partition coefficient (Wildman–Crippen LogP) is 3.72. The molecule has 0 unspecified atom stereocenters. The molecule has 0 fully saturated rings. The normalized spacial score (nSPS) is 11.4. The molecule has 0 saturated heterocycles. The van der Waals surface area contributed by atoms with Crippen molar-refractivity contribution in [3.63, 3.8) is 0 Å². The number of aromatic nitrogens is 1. The molecule has 0 aliphatic rings. The van der Waals surface area contributed by atoms with Crippen molar-refractivity contribution in [2.24, 2.45) is 7.05 Å². The molecule has 0 aliphatic carbocycles. The average molecular weight is 397 g/mol. The van der Waals surface area contributed by atoms with Crippen LogP contribution in [-0.2, 0) is 29.9 Å². The summed E-state index contributed by atoms with van der Waals surface area (Å²) in [5.41, 5.74) is 5.22. The molecule has 3 aromatic rings. The largest absolute Gasteiger partial charge is 0.345 e. The van der Waals surface area contributed by atoms with Crippen molar-refractivity contribution in [2.45, 2.75) is 19.8 Å². The van der Waals surface area contributed by atoms with Gasteiger partial charge in [0, 0.05) is 24.0 Å². The lowest BCUT2D eigenvalue weighted by molar-refractivity contribution is 0.103. The third-order valence-corrected chi connectivity index (χ3v) is 5.31. The molecule has 28 heavy (non-hydrogen) atoms. The van der Waals surface area contributed by atoms with Gasteiger partial charge >= 0.3 is 0 Å². The van der Waals surface area contributed by atoms with Crippen LogP contribution in [0.4, 0.5) is 5.69 Å². The zero-order chi connectivity index (χ0) is 20.3. The second kappa shape index (κ2) is 8.02. The average Bonchev–Trinajstić information content (AvgIpc) is 3.00. The monoisotopic (exact) mass is 396 g/mol. The number of hydrogen-bond acceptors (Lipinski definition) is 3. The lowest BCUT2D eigenvalue weighted by Crippen LogP contribution is -2.10. The molecule has 0 radical (unpaired) electrons. The van der Waals surface area contributed by atoms with Crippen LogP contribution < -0.4 is 4.72 Å². The number of sulfonamides is 1. The summed E-state index contributed by atoms with van der Waals surface area (Å²) in [7, 11) is -1.35. The maximum atomic E-state index is 12.7.